The highest BCUT2D eigenvalue weighted by atomic mass is 35.5. The highest BCUT2D eigenvalue weighted by Crippen LogP contribution is 2.23. The molecule has 4 nitrogen and oxygen atoms in total. The standard InChI is InChI=1S/C9H13ClN4/c1-14-9(8(10)5-13-14)6-2-7(11)4-12-3-6/h2,5,7,12H,3-4,11H2,1H3. The van der Waals surface area contributed by atoms with Gasteiger partial charge in [0.25, 0.3) is 0 Å². The molecule has 3 N–H and O–H groups in total. The summed E-state index contributed by atoms with van der Waals surface area (Å²) in [4.78, 5) is 0. The lowest BCUT2D eigenvalue weighted by Gasteiger charge is -2.19. The van der Waals surface area contributed by atoms with Crippen molar-refractivity contribution in [2.24, 2.45) is 12.8 Å². The second-order valence-corrected chi connectivity index (χ2v) is 3.86. The molecule has 1 aromatic rings. The largest absolute Gasteiger partial charge is 0.323 e. The fourth-order valence-electron chi connectivity index (χ4n) is 1.68. The molecule has 0 amide bonds. The van der Waals surface area contributed by atoms with E-state index in [4.69, 9.17) is 17.3 Å². The molecule has 1 aliphatic rings. The van der Waals surface area contributed by atoms with Gasteiger partial charge in [-0.15, -0.1) is 0 Å². The smallest absolute Gasteiger partial charge is 0.0862 e. The quantitative estimate of drug-likeness (QED) is 0.708. The topological polar surface area (TPSA) is 55.9 Å². The molecule has 76 valence electrons. The molecule has 1 atom stereocenters. The molecule has 5 heteroatoms. The zero-order valence-electron chi connectivity index (χ0n) is 8.00. The van der Waals surface area contributed by atoms with Crippen LogP contribution in [0.5, 0.6) is 0 Å². The SMILES string of the molecule is Cn1ncc(Cl)c1C1=CC(N)CNC1. The number of nitrogens with one attached hydrogen (secondary N) is 1. The van der Waals surface area contributed by atoms with Crippen molar-refractivity contribution >= 4 is 17.2 Å². The number of aromatic nitrogens is 2. The molecule has 0 aliphatic carbocycles. The van der Waals surface area contributed by atoms with E-state index in [0.717, 1.165) is 24.4 Å². The molecule has 0 saturated carbocycles. The van der Waals surface area contributed by atoms with Crippen molar-refractivity contribution in [2.45, 2.75) is 6.04 Å². The molecule has 2 rings (SSSR count). The molecule has 0 fully saturated rings. The van der Waals surface area contributed by atoms with Crippen LogP contribution in [0.4, 0.5) is 0 Å². The van der Waals surface area contributed by atoms with Crippen molar-refractivity contribution in [3.8, 4) is 0 Å². The van der Waals surface area contributed by atoms with Gasteiger partial charge in [0.05, 0.1) is 16.9 Å². The molecule has 1 aromatic heterocycles. The first kappa shape index (κ1) is 9.71. The van der Waals surface area contributed by atoms with Crippen LogP contribution in [0.25, 0.3) is 5.57 Å². The van der Waals surface area contributed by atoms with E-state index in [2.05, 4.69) is 10.4 Å². The highest BCUT2D eigenvalue weighted by Gasteiger charge is 2.16. The predicted octanol–water partition coefficient (Wildman–Crippen LogP) is 0.387. The number of nitrogens with zero attached hydrogens (tertiary/aromatic N) is 2. The van der Waals surface area contributed by atoms with E-state index in [0.29, 0.717) is 5.02 Å². The first-order valence-electron chi connectivity index (χ1n) is 4.53. The van der Waals surface area contributed by atoms with Crippen molar-refractivity contribution in [3.05, 3.63) is 23.0 Å². The molecule has 1 aliphatic heterocycles. The Morgan fingerprint density at radius 1 is 1.71 bits per heavy atom. The van der Waals surface area contributed by atoms with Crippen molar-refractivity contribution in [2.75, 3.05) is 13.1 Å². The van der Waals surface area contributed by atoms with Crippen molar-refractivity contribution in [1.82, 2.24) is 15.1 Å². The summed E-state index contributed by atoms with van der Waals surface area (Å²) in [5.41, 5.74) is 7.89. The first-order valence-corrected chi connectivity index (χ1v) is 4.91. The van der Waals surface area contributed by atoms with Crippen LogP contribution >= 0.6 is 11.6 Å². The maximum Gasteiger partial charge on any atom is 0.0862 e. The summed E-state index contributed by atoms with van der Waals surface area (Å²) in [7, 11) is 1.88. The zero-order chi connectivity index (χ0) is 10.1. The lowest BCUT2D eigenvalue weighted by molar-refractivity contribution is 0.655. The second kappa shape index (κ2) is 3.73. The summed E-state index contributed by atoms with van der Waals surface area (Å²) in [6.07, 6.45) is 3.69. The fraction of sp³-hybridized carbons (Fsp3) is 0.444. The van der Waals surface area contributed by atoms with Gasteiger partial charge < -0.3 is 11.1 Å². The van der Waals surface area contributed by atoms with Crippen molar-refractivity contribution in [3.63, 3.8) is 0 Å². The number of halogens is 1. The van der Waals surface area contributed by atoms with Gasteiger partial charge in [-0.2, -0.15) is 5.10 Å². The van der Waals surface area contributed by atoms with Crippen LogP contribution < -0.4 is 11.1 Å². The van der Waals surface area contributed by atoms with E-state index in [9.17, 15) is 0 Å². The first-order chi connectivity index (χ1) is 6.68. The van der Waals surface area contributed by atoms with Crippen LogP contribution in [-0.4, -0.2) is 28.9 Å². The third-order valence-corrected chi connectivity index (χ3v) is 2.59. The van der Waals surface area contributed by atoms with E-state index in [1.165, 1.54) is 0 Å². The lowest BCUT2D eigenvalue weighted by Crippen LogP contribution is -2.37. The summed E-state index contributed by atoms with van der Waals surface area (Å²) in [6, 6.07) is 0.0599. The third-order valence-electron chi connectivity index (χ3n) is 2.31. The molecular weight excluding hydrogens is 200 g/mol. The van der Waals surface area contributed by atoms with Gasteiger partial charge in [-0.3, -0.25) is 4.68 Å². The number of rotatable bonds is 1. The van der Waals surface area contributed by atoms with Gasteiger partial charge in [0.15, 0.2) is 0 Å². The molecular formula is C9H13ClN4. The van der Waals surface area contributed by atoms with Gasteiger partial charge >= 0.3 is 0 Å². The number of hydrogen-bond donors (Lipinski definition) is 2. The summed E-state index contributed by atoms with van der Waals surface area (Å²) in [5.74, 6) is 0. The molecule has 0 bridgehead atoms. The average Bonchev–Trinajstić information content (AvgIpc) is 2.46. The van der Waals surface area contributed by atoms with E-state index in [-0.39, 0.29) is 6.04 Å². The number of nitrogens with two attached hydrogens (primary N) is 1. The Labute approximate surface area is 87.7 Å². The minimum atomic E-state index is 0.0599. The molecule has 1 unspecified atom stereocenters. The van der Waals surface area contributed by atoms with Gasteiger partial charge in [-0.1, -0.05) is 17.7 Å². The summed E-state index contributed by atoms with van der Waals surface area (Å²) in [5, 5.41) is 8.00. The minimum Gasteiger partial charge on any atom is -0.323 e. The Kier molecular flexibility index (Phi) is 2.58. The Morgan fingerprint density at radius 3 is 3.07 bits per heavy atom. The molecule has 2 heterocycles. The normalized spacial score (nSPS) is 22.2. The lowest BCUT2D eigenvalue weighted by atomic mass is 10.1. The molecule has 0 aromatic carbocycles. The van der Waals surface area contributed by atoms with E-state index < -0.39 is 0 Å². The summed E-state index contributed by atoms with van der Waals surface area (Å²) < 4.78 is 1.77. The predicted molar refractivity (Wildman–Crippen MR) is 57.0 cm³/mol. The highest BCUT2D eigenvalue weighted by molar-refractivity contribution is 6.32. The Balaban J connectivity index is 2.39. The third kappa shape index (κ3) is 1.68. The van der Waals surface area contributed by atoms with E-state index in [1.54, 1.807) is 10.9 Å². The van der Waals surface area contributed by atoms with E-state index >= 15 is 0 Å². The van der Waals surface area contributed by atoms with Crippen LogP contribution in [0.3, 0.4) is 0 Å². The summed E-state index contributed by atoms with van der Waals surface area (Å²) in [6.45, 7) is 1.62. The summed E-state index contributed by atoms with van der Waals surface area (Å²) >= 11 is 6.03. The van der Waals surface area contributed by atoms with Crippen LogP contribution in [-0.2, 0) is 7.05 Å². The van der Waals surface area contributed by atoms with Gasteiger partial charge in [0.2, 0.25) is 0 Å². The average molecular weight is 213 g/mol. The molecule has 0 spiro atoms. The van der Waals surface area contributed by atoms with E-state index in [1.807, 2.05) is 13.1 Å². The Hall–Kier alpha value is -0.840. The van der Waals surface area contributed by atoms with Crippen LogP contribution in [0.2, 0.25) is 5.02 Å². The van der Waals surface area contributed by atoms with Gasteiger partial charge in [-0.05, 0) is 5.57 Å². The van der Waals surface area contributed by atoms with Gasteiger partial charge in [0.1, 0.15) is 0 Å². The van der Waals surface area contributed by atoms with Crippen LogP contribution in [0.1, 0.15) is 5.69 Å². The molecule has 14 heavy (non-hydrogen) atoms. The Morgan fingerprint density at radius 2 is 2.50 bits per heavy atom. The fourth-order valence-corrected chi connectivity index (χ4v) is 1.97. The number of hydrogen-bond acceptors (Lipinski definition) is 3. The maximum absolute atomic E-state index is 6.03. The van der Waals surface area contributed by atoms with Crippen molar-refractivity contribution < 1.29 is 0 Å². The Bertz CT molecular complexity index is 349. The monoisotopic (exact) mass is 212 g/mol. The number of aryl methyl sites for hydroxylation is 1. The second-order valence-electron chi connectivity index (χ2n) is 3.45. The molecule has 0 radical (unpaired) electrons. The minimum absolute atomic E-state index is 0.0599. The zero-order valence-corrected chi connectivity index (χ0v) is 8.75. The maximum atomic E-state index is 6.03. The molecule has 0 saturated heterocycles. The van der Waals surface area contributed by atoms with Crippen LogP contribution in [0, 0.1) is 0 Å². The van der Waals surface area contributed by atoms with Crippen molar-refractivity contribution in [1.29, 1.82) is 0 Å². The van der Waals surface area contributed by atoms with Gasteiger partial charge in [0, 0.05) is 26.2 Å². The van der Waals surface area contributed by atoms with Crippen LogP contribution in [0.15, 0.2) is 12.3 Å². The van der Waals surface area contributed by atoms with Gasteiger partial charge in [-0.25, -0.2) is 0 Å².